The smallest absolute Gasteiger partial charge is 0.283 e. The van der Waals surface area contributed by atoms with E-state index in [2.05, 4.69) is 45.1 Å². The summed E-state index contributed by atoms with van der Waals surface area (Å²) >= 11 is 3.46. The van der Waals surface area contributed by atoms with E-state index in [1.54, 1.807) is 0 Å². The molecule has 0 bridgehead atoms. The zero-order valence-corrected chi connectivity index (χ0v) is 14.7. The van der Waals surface area contributed by atoms with Crippen molar-refractivity contribution in [3.63, 3.8) is 0 Å². The number of rotatable bonds is 5. The van der Waals surface area contributed by atoms with Gasteiger partial charge in [0.15, 0.2) is 0 Å². The van der Waals surface area contributed by atoms with Gasteiger partial charge in [0.2, 0.25) is 0 Å². The Kier molecular flexibility index (Phi) is 5.81. The van der Waals surface area contributed by atoms with Crippen LogP contribution in [-0.2, 0) is 6.54 Å². The maximum atomic E-state index is 12.2. The second-order valence-electron chi connectivity index (χ2n) is 5.98. The normalized spacial score (nSPS) is 19.3. The molecule has 1 atom stereocenters. The van der Waals surface area contributed by atoms with E-state index in [1.807, 2.05) is 13.1 Å². The van der Waals surface area contributed by atoms with Crippen LogP contribution in [0, 0.1) is 5.92 Å². The zero-order valence-electron chi connectivity index (χ0n) is 13.1. The number of hydrogen-bond acceptors (Lipinski definition) is 4. The summed E-state index contributed by atoms with van der Waals surface area (Å²) < 4.78 is 2.12. The molecule has 1 aromatic heterocycles. The Balaban J connectivity index is 2.11. The Morgan fingerprint density at radius 3 is 2.95 bits per heavy atom. The molecule has 0 aromatic carbocycles. The standard InChI is InChI=1S/C15H25BrN4O/c1-4-20-15(21)14(16)13(9-18-20)19-7-5-6-12(10-19)8-17-11(2)3/h9,11-12,17H,4-8,10H2,1-3H3. The molecule has 1 aliphatic rings. The van der Waals surface area contributed by atoms with Crippen LogP contribution >= 0.6 is 15.9 Å². The molecule has 21 heavy (non-hydrogen) atoms. The molecule has 2 rings (SSSR count). The van der Waals surface area contributed by atoms with Crippen molar-refractivity contribution in [3.05, 3.63) is 21.0 Å². The lowest BCUT2D eigenvalue weighted by Gasteiger charge is -2.35. The molecule has 0 saturated carbocycles. The van der Waals surface area contributed by atoms with Crippen molar-refractivity contribution in [1.29, 1.82) is 0 Å². The first-order valence-corrected chi connectivity index (χ1v) is 8.56. The number of aromatic nitrogens is 2. The van der Waals surface area contributed by atoms with Gasteiger partial charge in [0.05, 0.1) is 11.9 Å². The van der Waals surface area contributed by atoms with Gasteiger partial charge in [-0.3, -0.25) is 4.79 Å². The molecule has 2 heterocycles. The van der Waals surface area contributed by atoms with E-state index >= 15 is 0 Å². The van der Waals surface area contributed by atoms with Crippen LogP contribution in [0.1, 0.15) is 33.6 Å². The molecule has 118 valence electrons. The lowest BCUT2D eigenvalue weighted by molar-refractivity contribution is 0.378. The first-order valence-electron chi connectivity index (χ1n) is 7.76. The number of nitrogens with one attached hydrogen (secondary N) is 1. The first-order chi connectivity index (χ1) is 10.0. The Morgan fingerprint density at radius 1 is 1.52 bits per heavy atom. The maximum absolute atomic E-state index is 12.2. The molecule has 0 spiro atoms. The molecule has 1 unspecified atom stereocenters. The average Bonchev–Trinajstić information content (AvgIpc) is 2.48. The fourth-order valence-corrected chi connectivity index (χ4v) is 3.31. The molecule has 0 amide bonds. The highest BCUT2D eigenvalue weighted by atomic mass is 79.9. The van der Waals surface area contributed by atoms with E-state index < -0.39 is 0 Å². The summed E-state index contributed by atoms with van der Waals surface area (Å²) in [5.41, 5.74) is 0.886. The number of nitrogens with zero attached hydrogens (tertiary/aromatic N) is 3. The molecule has 1 aliphatic heterocycles. The predicted molar refractivity (Wildman–Crippen MR) is 89.9 cm³/mol. The van der Waals surface area contributed by atoms with E-state index in [0.717, 1.165) is 31.7 Å². The van der Waals surface area contributed by atoms with Gasteiger partial charge in [-0.1, -0.05) is 13.8 Å². The molecule has 1 aromatic rings. The van der Waals surface area contributed by atoms with Crippen LogP contribution < -0.4 is 15.8 Å². The van der Waals surface area contributed by atoms with Crippen molar-refractivity contribution in [3.8, 4) is 0 Å². The van der Waals surface area contributed by atoms with Gasteiger partial charge in [-0.05, 0) is 48.2 Å². The molecular weight excluding hydrogens is 332 g/mol. The van der Waals surface area contributed by atoms with E-state index in [4.69, 9.17) is 0 Å². The highest BCUT2D eigenvalue weighted by Gasteiger charge is 2.23. The molecule has 1 N–H and O–H groups in total. The van der Waals surface area contributed by atoms with Crippen LogP contribution in [-0.4, -0.2) is 35.5 Å². The minimum atomic E-state index is -0.0440. The van der Waals surface area contributed by atoms with Gasteiger partial charge in [0, 0.05) is 25.7 Å². The van der Waals surface area contributed by atoms with Gasteiger partial charge in [-0.2, -0.15) is 5.10 Å². The fourth-order valence-electron chi connectivity index (χ4n) is 2.75. The zero-order chi connectivity index (χ0) is 15.4. The SMILES string of the molecule is CCn1ncc(N2CCCC(CNC(C)C)C2)c(Br)c1=O. The summed E-state index contributed by atoms with van der Waals surface area (Å²) in [5.74, 6) is 0.627. The van der Waals surface area contributed by atoms with Gasteiger partial charge in [0.1, 0.15) is 4.47 Å². The second-order valence-corrected chi connectivity index (χ2v) is 6.77. The van der Waals surface area contributed by atoms with Crippen LogP contribution in [0.4, 0.5) is 5.69 Å². The minimum absolute atomic E-state index is 0.0440. The summed E-state index contributed by atoms with van der Waals surface area (Å²) in [4.78, 5) is 14.5. The summed E-state index contributed by atoms with van der Waals surface area (Å²) in [7, 11) is 0. The van der Waals surface area contributed by atoms with E-state index in [0.29, 0.717) is 23.0 Å². The van der Waals surface area contributed by atoms with Gasteiger partial charge in [-0.15, -0.1) is 0 Å². The van der Waals surface area contributed by atoms with Crippen molar-refractivity contribution < 1.29 is 0 Å². The summed E-state index contributed by atoms with van der Waals surface area (Å²) in [5, 5.41) is 7.76. The molecule has 1 fully saturated rings. The quantitative estimate of drug-likeness (QED) is 0.878. The monoisotopic (exact) mass is 356 g/mol. The van der Waals surface area contributed by atoms with Crippen LogP contribution in [0.25, 0.3) is 0 Å². The molecule has 0 radical (unpaired) electrons. The van der Waals surface area contributed by atoms with Crippen molar-refractivity contribution in [2.75, 3.05) is 24.5 Å². The number of halogens is 1. The topological polar surface area (TPSA) is 50.2 Å². The molecule has 5 nitrogen and oxygen atoms in total. The third kappa shape index (κ3) is 4.07. The van der Waals surface area contributed by atoms with Gasteiger partial charge < -0.3 is 10.2 Å². The van der Waals surface area contributed by atoms with E-state index in [9.17, 15) is 4.79 Å². The van der Waals surface area contributed by atoms with Gasteiger partial charge in [0.25, 0.3) is 5.56 Å². The first kappa shape index (κ1) is 16.5. The van der Waals surface area contributed by atoms with Crippen molar-refractivity contribution in [1.82, 2.24) is 15.1 Å². The van der Waals surface area contributed by atoms with Crippen molar-refractivity contribution in [2.45, 2.75) is 46.2 Å². The molecule has 1 saturated heterocycles. The maximum Gasteiger partial charge on any atom is 0.283 e. The Hall–Kier alpha value is -0.880. The Labute approximate surface area is 134 Å². The summed E-state index contributed by atoms with van der Waals surface area (Å²) in [6.45, 7) is 9.87. The third-order valence-electron chi connectivity index (χ3n) is 3.94. The number of piperidine rings is 1. The van der Waals surface area contributed by atoms with Crippen LogP contribution in [0.15, 0.2) is 15.5 Å². The summed E-state index contributed by atoms with van der Waals surface area (Å²) in [6.07, 6.45) is 4.22. The largest absolute Gasteiger partial charge is 0.369 e. The number of anilines is 1. The Morgan fingerprint density at radius 2 is 2.29 bits per heavy atom. The Bertz CT molecular complexity index is 529. The van der Waals surface area contributed by atoms with Gasteiger partial charge >= 0.3 is 0 Å². The predicted octanol–water partition coefficient (Wildman–Crippen LogP) is 2.24. The average molecular weight is 357 g/mol. The minimum Gasteiger partial charge on any atom is -0.369 e. The lowest BCUT2D eigenvalue weighted by atomic mass is 9.97. The highest BCUT2D eigenvalue weighted by molar-refractivity contribution is 9.10. The van der Waals surface area contributed by atoms with Crippen LogP contribution in [0.5, 0.6) is 0 Å². The van der Waals surface area contributed by atoms with E-state index in [1.165, 1.54) is 11.1 Å². The molecule has 6 heteroatoms. The molecule has 0 aliphatic carbocycles. The fraction of sp³-hybridized carbons (Fsp3) is 0.733. The second kappa shape index (κ2) is 7.40. The molecular formula is C15H25BrN4O. The highest BCUT2D eigenvalue weighted by Crippen LogP contribution is 2.26. The summed E-state index contributed by atoms with van der Waals surface area (Å²) in [6, 6.07) is 0.516. The van der Waals surface area contributed by atoms with Gasteiger partial charge in [-0.25, -0.2) is 4.68 Å². The van der Waals surface area contributed by atoms with Crippen LogP contribution in [0.2, 0.25) is 0 Å². The number of hydrogen-bond donors (Lipinski definition) is 1. The van der Waals surface area contributed by atoms with Crippen molar-refractivity contribution >= 4 is 21.6 Å². The van der Waals surface area contributed by atoms with Crippen molar-refractivity contribution in [2.24, 2.45) is 5.92 Å². The van der Waals surface area contributed by atoms with Crippen LogP contribution in [0.3, 0.4) is 0 Å². The third-order valence-corrected chi connectivity index (χ3v) is 4.69. The number of aryl methyl sites for hydroxylation is 1. The van der Waals surface area contributed by atoms with E-state index in [-0.39, 0.29) is 5.56 Å². The lowest BCUT2D eigenvalue weighted by Crippen LogP contribution is -2.42.